The van der Waals surface area contributed by atoms with E-state index in [9.17, 15) is 84.3 Å². The van der Waals surface area contributed by atoms with Crippen molar-refractivity contribution in [3.8, 4) is 5.75 Å². The number of benzene rings is 1. The smallest absolute Gasteiger partial charge is 0.248 e. The summed E-state index contributed by atoms with van der Waals surface area (Å²) < 4.78 is 0. The van der Waals surface area contributed by atoms with Gasteiger partial charge in [0.25, 0.3) is 0 Å². The maximum Gasteiger partial charge on any atom is 0.248 e. The van der Waals surface area contributed by atoms with Crippen LogP contribution in [0.4, 0.5) is 0 Å². The standard InChI is InChI=1S/C51H82N8O17/c1-4-5-6-7-8-9-10-11-12-13-14-15-16-17-37(66)53-32-23-35(64)47(72)57-49(74)41-42(67)27(2)25-59(41)51(76)39(34(63)24-36(52)65)55-48(73)40(44(69)43(68)29-18-20-30(61)21-19-29)56-46(71)33-22-31(62)26-58(33)50(75)38(28(3)60)54-45(32)70/h18-21,27-28,31-35,38-44,47,60-64,67-69,72H,4-17,22-26H2,1-3H3,(H2,52,65)(H,53,66)(H,54,70)(H,55,73)(H,56,71)(H,57,74)/t27-,28+,31+,32-,33-,34+,35+,38-,39-,40-,41-,42-,43-,44-,47+/m0/s1. The second-order valence-corrected chi connectivity index (χ2v) is 20.6. The quantitative estimate of drug-likeness (QED) is 0.0521. The van der Waals surface area contributed by atoms with Crippen molar-refractivity contribution in [1.29, 1.82) is 0 Å². The van der Waals surface area contributed by atoms with Crippen LogP contribution >= 0.6 is 0 Å². The molecule has 15 atom stereocenters. The van der Waals surface area contributed by atoms with Gasteiger partial charge in [-0.1, -0.05) is 103 Å². The van der Waals surface area contributed by atoms with Crippen LogP contribution in [0.1, 0.15) is 142 Å². The number of aliphatic hydroxyl groups excluding tert-OH is 8. The molecule has 0 radical (unpaired) electrons. The molecule has 0 saturated carbocycles. The van der Waals surface area contributed by atoms with E-state index in [1.807, 2.05) is 0 Å². The number of nitrogens with zero attached hydrogens (tertiary/aromatic N) is 2. The van der Waals surface area contributed by atoms with Gasteiger partial charge < -0.3 is 88.1 Å². The van der Waals surface area contributed by atoms with E-state index in [0.717, 1.165) is 68.2 Å². The maximum atomic E-state index is 14.5. The van der Waals surface area contributed by atoms with Crippen LogP contribution < -0.4 is 32.3 Å². The molecule has 0 unspecified atom stereocenters. The van der Waals surface area contributed by atoms with E-state index in [2.05, 4.69) is 33.5 Å². The summed E-state index contributed by atoms with van der Waals surface area (Å²) >= 11 is 0. The average Bonchev–Trinajstić information content (AvgIpc) is 3.91. The van der Waals surface area contributed by atoms with Gasteiger partial charge in [0, 0.05) is 38.3 Å². The van der Waals surface area contributed by atoms with Crippen molar-refractivity contribution in [2.24, 2.45) is 11.7 Å². The minimum absolute atomic E-state index is 0.0755. The summed E-state index contributed by atoms with van der Waals surface area (Å²) in [6.45, 7) is 3.66. The van der Waals surface area contributed by atoms with E-state index in [1.165, 1.54) is 45.4 Å². The zero-order valence-corrected chi connectivity index (χ0v) is 43.7. The monoisotopic (exact) mass is 1080 g/mol. The number of phenols is 1. The third-order valence-electron chi connectivity index (χ3n) is 14.3. The molecule has 76 heavy (non-hydrogen) atoms. The lowest BCUT2D eigenvalue weighted by molar-refractivity contribution is -0.149. The normalized spacial score (nSPS) is 28.9. The largest absolute Gasteiger partial charge is 0.508 e. The van der Waals surface area contributed by atoms with Crippen LogP contribution in [0.3, 0.4) is 0 Å². The molecular weight excluding hydrogens is 997 g/mol. The second kappa shape index (κ2) is 30.4. The summed E-state index contributed by atoms with van der Waals surface area (Å²) in [4.78, 5) is 113. The first-order chi connectivity index (χ1) is 36.0. The Morgan fingerprint density at radius 1 is 0.684 bits per heavy atom. The molecule has 1 aromatic rings. The topological polar surface area (TPSA) is 411 Å². The van der Waals surface area contributed by atoms with Gasteiger partial charge in [0.1, 0.15) is 60.3 Å². The molecule has 16 N–H and O–H groups in total. The number of nitrogens with one attached hydrogen (secondary N) is 5. The van der Waals surface area contributed by atoms with Crippen LogP contribution in [-0.2, 0) is 38.4 Å². The molecule has 8 amide bonds. The highest BCUT2D eigenvalue weighted by Gasteiger charge is 2.50. The molecule has 0 spiro atoms. The number of unbranched alkanes of at least 4 members (excludes halogenated alkanes) is 12. The molecule has 0 aromatic heterocycles. The number of amides is 8. The predicted octanol–water partition coefficient (Wildman–Crippen LogP) is -2.81. The SMILES string of the molecule is CCCCCCCCCCCCCCCC(=O)N[C@H]1C[C@@H](O)[C@@H](O)NC(=O)[C@@H]2[C@@H](O)[C@@H](C)CN2C(=O)[C@H]([C@H](O)CC(N)=O)NC(=O)[C@H]([C@H](O)[C@@H](O)c2ccc(O)cc2)NC(=O)[C@@H]2C[C@@H](O)CN2C(=O)[C@H]([C@@H](C)O)NC1=O. The Bertz CT molecular complexity index is 2100. The molecule has 3 aliphatic heterocycles. The number of phenolic OH excluding ortho intramolecular Hbond substituents is 1. The van der Waals surface area contributed by atoms with Gasteiger partial charge in [-0.15, -0.1) is 0 Å². The number of carbonyl (C=O) groups is 8. The Morgan fingerprint density at radius 3 is 1.79 bits per heavy atom. The molecule has 0 aliphatic carbocycles. The molecule has 3 heterocycles. The number of hydrogen-bond donors (Lipinski definition) is 15. The van der Waals surface area contributed by atoms with Gasteiger partial charge in [0.05, 0.1) is 30.8 Å². The third kappa shape index (κ3) is 18.0. The number of nitrogens with two attached hydrogens (primary N) is 1. The molecule has 1 aromatic carbocycles. The molecule has 3 saturated heterocycles. The maximum absolute atomic E-state index is 14.5. The van der Waals surface area contributed by atoms with Gasteiger partial charge in [0.2, 0.25) is 47.3 Å². The summed E-state index contributed by atoms with van der Waals surface area (Å²) in [5, 5.41) is 111. The number of rotatable bonds is 22. The Labute approximate surface area is 442 Å². The predicted molar refractivity (Wildman–Crippen MR) is 270 cm³/mol. The van der Waals surface area contributed by atoms with E-state index in [-0.39, 0.29) is 17.7 Å². The number of hydrogen-bond acceptors (Lipinski definition) is 17. The van der Waals surface area contributed by atoms with E-state index in [0.29, 0.717) is 17.7 Å². The summed E-state index contributed by atoms with van der Waals surface area (Å²) in [5.41, 5.74) is 5.23. The van der Waals surface area contributed by atoms with Crippen LogP contribution in [0.25, 0.3) is 0 Å². The van der Waals surface area contributed by atoms with Crippen molar-refractivity contribution < 1.29 is 84.3 Å². The van der Waals surface area contributed by atoms with E-state index < -0.39 is 171 Å². The third-order valence-corrected chi connectivity index (χ3v) is 14.3. The van der Waals surface area contributed by atoms with Crippen LogP contribution in [0, 0.1) is 5.92 Å². The summed E-state index contributed by atoms with van der Waals surface area (Å²) in [5.74, 6) is -10.8. The molecule has 4 rings (SSSR count). The van der Waals surface area contributed by atoms with Crippen LogP contribution in [-0.4, -0.2) is 195 Å². The van der Waals surface area contributed by atoms with Crippen molar-refractivity contribution in [2.75, 3.05) is 13.1 Å². The molecule has 0 bridgehead atoms. The highest BCUT2D eigenvalue weighted by Crippen LogP contribution is 2.28. The lowest BCUT2D eigenvalue weighted by Crippen LogP contribution is -2.64. The molecule has 428 valence electrons. The van der Waals surface area contributed by atoms with Crippen molar-refractivity contribution in [3.05, 3.63) is 29.8 Å². The van der Waals surface area contributed by atoms with Gasteiger partial charge in [-0.2, -0.15) is 0 Å². The van der Waals surface area contributed by atoms with Gasteiger partial charge in [0.15, 0.2) is 6.23 Å². The van der Waals surface area contributed by atoms with Crippen molar-refractivity contribution >= 4 is 47.3 Å². The zero-order valence-electron chi connectivity index (χ0n) is 43.7. The van der Waals surface area contributed by atoms with Crippen LogP contribution in [0.5, 0.6) is 5.75 Å². The molecule has 3 fully saturated rings. The fraction of sp³-hybridized carbons (Fsp3) is 0.725. The van der Waals surface area contributed by atoms with E-state index >= 15 is 0 Å². The van der Waals surface area contributed by atoms with E-state index in [4.69, 9.17) is 5.73 Å². The first kappa shape index (κ1) is 63.0. The highest BCUT2D eigenvalue weighted by molar-refractivity contribution is 5.98. The fourth-order valence-corrected chi connectivity index (χ4v) is 9.85. The first-order valence-electron chi connectivity index (χ1n) is 26.6. The van der Waals surface area contributed by atoms with Crippen molar-refractivity contribution in [3.63, 3.8) is 0 Å². The summed E-state index contributed by atoms with van der Waals surface area (Å²) in [7, 11) is 0. The number of carbonyl (C=O) groups excluding carboxylic acids is 8. The molecule has 25 nitrogen and oxygen atoms in total. The van der Waals surface area contributed by atoms with Gasteiger partial charge >= 0.3 is 0 Å². The minimum Gasteiger partial charge on any atom is -0.508 e. The zero-order chi connectivity index (χ0) is 56.4. The Kier molecular flexibility index (Phi) is 25.2. The molecular formula is C51H82N8O17. The van der Waals surface area contributed by atoms with Gasteiger partial charge in [-0.3, -0.25) is 38.4 Å². The van der Waals surface area contributed by atoms with E-state index in [1.54, 1.807) is 0 Å². The summed E-state index contributed by atoms with van der Waals surface area (Å²) in [6.07, 6.45) is -4.75. The second-order valence-electron chi connectivity index (χ2n) is 20.6. The first-order valence-corrected chi connectivity index (χ1v) is 26.6. The summed E-state index contributed by atoms with van der Waals surface area (Å²) in [6, 6.07) is -7.40. The Balaban J connectivity index is 1.69. The lowest BCUT2D eigenvalue weighted by Gasteiger charge is -2.34. The van der Waals surface area contributed by atoms with Crippen molar-refractivity contribution in [1.82, 2.24) is 36.4 Å². The lowest BCUT2D eigenvalue weighted by atomic mass is 9.96. The number of aromatic hydroxyl groups is 1. The highest BCUT2D eigenvalue weighted by atomic mass is 16.3. The van der Waals surface area contributed by atoms with Crippen LogP contribution in [0.15, 0.2) is 24.3 Å². The molecule has 25 heteroatoms. The number of primary amides is 1. The number of aliphatic hydroxyl groups is 8. The fourth-order valence-electron chi connectivity index (χ4n) is 9.85. The van der Waals surface area contributed by atoms with Gasteiger partial charge in [-0.25, -0.2) is 0 Å². The average molecular weight is 1080 g/mol. The molecule has 3 aliphatic rings. The number of fused-ring (bicyclic) bond motifs is 2. The van der Waals surface area contributed by atoms with Crippen LogP contribution in [0.2, 0.25) is 0 Å². The Morgan fingerprint density at radius 2 is 1.22 bits per heavy atom. The van der Waals surface area contributed by atoms with Crippen molar-refractivity contribution in [2.45, 2.75) is 215 Å². The minimum atomic E-state index is -2.36. The Hall–Kier alpha value is -5.54. The van der Waals surface area contributed by atoms with Gasteiger partial charge in [-0.05, 0) is 31.0 Å².